The quantitative estimate of drug-likeness (QED) is 0.440. The van der Waals surface area contributed by atoms with Crippen LogP contribution in [0, 0.1) is 0 Å². The second-order valence-corrected chi connectivity index (χ2v) is 9.22. The van der Waals surface area contributed by atoms with Crippen LogP contribution in [0.2, 0.25) is 0 Å². The zero-order valence-electron chi connectivity index (χ0n) is 15.9. The second kappa shape index (κ2) is 10.3. The number of carbonyl (C=O) groups excluding carboxylic acids is 2. The van der Waals surface area contributed by atoms with Crippen LogP contribution in [-0.4, -0.2) is 45.2 Å². The Balaban J connectivity index is 1.84. The Morgan fingerprint density at radius 1 is 1.21 bits per heavy atom. The number of hydrogen-bond acceptors (Lipinski definition) is 6. The Morgan fingerprint density at radius 3 is 2.64 bits per heavy atom. The largest absolute Gasteiger partial charge is 0.468 e. The molecule has 1 aromatic heterocycles. The summed E-state index contributed by atoms with van der Waals surface area (Å²) in [5.74, 6) is 1.96. The van der Waals surface area contributed by atoms with Gasteiger partial charge in [0.05, 0.1) is 24.0 Å². The van der Waals surface area contributed by atoms with Gasteiger partial charge in [0.25, 0.3) is 0 Å². The fourth-order valence-electron chi connectivity index (χ4n) is 2.44. The van der Waals surface area contributed by atoms with Gasteiger partial charge in [-0.2, -0.15) is 11.8 Å². The van der Waals surface area contributed by atoms with Crippen LogP contribution in [0.15, 0.2) is 47.1 Å². The van der Waals surface area contributed by atoms with E-state index in [1.807, 2.05) is 12.1 Å². The predicted molar refractivity (Wildman–Crippen MR) is 111 cm³/mol. The van der Waals surface area contributed by atoms with Crippen LogP contribution in [0.5, 0.6) is 0 Å². The zero-order chi connectivity index (χ0) is 20.6. The molecule has 0 saturated heterocycles. The van der Waals surface area contributed by atoms with E-state index in [1.165, 1.54) is 13.0 Å². The van der Waals surface area contributed by atoms with E-state index in [0.717, 1.165) is 34.2 Å². The SMILES string of the molecule is CC(=O)c1cccc(N(CC(=O)NCCCSCc2ccco2)S(C)(=O)=O)c1. The van der Waals surface area contributed by atoms with Crippen molar-refractivity contribution in [2.75, 3.05) is 29.4 Å². The van der Waals surface area contributed by atoms with Crippen molar-refractivity contribution in [3.63, 3.8) is 0 Å². The topological polar surface area (TPSA) is 96.7 Å². The van der Waals surface area contributed by atoms with Crippen LogP contribution in [-0.2, 0) is 20.6 Å². The molecule has 0 aliphatic rings. The van der Waals surface area contributed by atoms with E-state index in [2.05, 4.69) is 5.32 Å². The number of furan rings is 1. The minimum Gasteiger partial charge on any atom is -0.468 e. The summed E-state index contributed by atoms with van der Waals surface area (Å²) < 4.78 is 30.5. The van der Waals surface area contributed by atoms with Gasteiger partial charge in [0.2, 0.25) is 15.9 Å². The first-order chi connectivity index (χ1) is 13.3. The van der Waals surface area contributed by atoms with Crippen molar-refractivity contribution in [2.45, 2.75) is 19.1 Å². The summed E-state index contributed by atoms with van der Waals surface area (Å²) in [4.78, 5) is 23.7. The number of nitrogens with one attached hydrogen (secondary N) is 1. The lowest BCUT2D eigenvalue weighted by Gasteiger charge is -2.22. The van der Waals surface area contributed by atoms with Crippen LogP contribution in [0.1, 0.15) is 29.5 Å². The summed E-state index contributed by atoms with van der Waals surface area (Å²) in [6.45, 7) is 1.52. The molecule has 0 spiro atoms. The highest BCUT2D eigenvalue weighted by Gasteiger charge is 2.21. The first-order valence-electron chi connectivity index (χ1n) is 8.73. The number of sulfonamides is 1. The van der Waals surface area contributed by atoms with Gasteiger partial charge in [-0.3, -0.25) is 13.9 Å². The molecule has 0 fully saturated rings. The lowest BCUT2D eigenvalue weighted by molar-refractivity contribution is -0.119. The Labute approximate surface area is 169 Å². The van der Waals surface area contributed by atoms with Crippen LogP contribution >= 0.6 is 11.8 Å². The lowest BCUT2D eigenvalue weighted by atomic mass is 10.1. The number of thioether (sulfide) groups is 1. The van der Waals surface area contributed by atoms with Gasteiger partial charge in [0.15, 0.2) is 5.78 Å². The molecule has 0 aliphatic carbocycles. The van der Waals surface area contributed by atoms with E-state index >= 15 is 0 Å². The second-order valence-electron chi connectivity index (χ2n) is 6.21. The van der Waals surface area contributed by atoms with Crippen molar-refractivity contribution in [3.8, 4) is 0 Å². The lowest BCUT2D eigenvalue weighted by Crippen LogP contribution is -2.40. The minimum absolute atomic E-state index is 0.174. The van der Waals surface area contributed by atoms with Gasteiger partial charge < -0.3 is 9.73 Å². The zero-order valence-corrected chi connectivity index (χ0v) is 17.5. The fraction of sp³-hybridized carbons (Fsp3) is 0.368. The molecule has 0 saturated carbocycles. The molecule has 0 unspecified atom stereocenters. The maximum atomic E-state index is 12.2. The van der Waals surface area contributed by atoms with Crippen LogP contribution in [0.3, 0.4) is 0 Å². The molecule has 28 heavy (non-hydrogen) atoms. The Bertz CT molecular complexity index is 895. The number of anilines is 1. The number of rotatable bonds is 11. The van der Waals surface area contributed by atoms with Crippen molar-refractivity contribution in [1.82, 2.24) is 5.32 Å². The van der Waals surface area contributed by atoms with Gasteiger partial charge in [0, 0.05) is 12.1 Å². The molecule has 0 radical (unpaired) electrons. The van der Waals surface area contributed by atoms with E-state index in [-0.39, 0.29) is 12.3 Å². The van der Waals surface area contributed by atoms with E-state index in [9.17, 15) is 18.0 Å². The first-order valence-corrected chi connectivity index (χ1v) is 11.7. The van der Waals surface area contributed by atoms with Gasteiger partial charge in [-0.25, -0.2) is 8.42 Å². The number of ketones is 1. The van der Waals surface area contributed by atoms with Gasteiger partial charge in [-0.1, -0.05) is 12.1 Å². The van der Waals surface area contributed by atoms with E-state index in [1.54, 1.807) is 36.2 Å². The maximum Gasteiger partial charge on any atom is 0.240 e. The normalized spacial score (nSPS) is 11.2. The number of carbonyl (C=O) groups is 2. The molecule has 1 aromatic carbocycles. The molecule has 152 valence electrons. The number of benzene rings is 1. The summed E-state index contributed by atoms with van der Waals surface area (Å²) in [6.07, 6.45) is 3.43. The molecular formula is C19H24N2O5S2. The predicted octanol–water partition coefficient (Wildman–Crippen LogP) is 2.69. The number of amides is 1. The van der Waals surface area contributed by atoms with E-state index in [4.69, 9.17) is 4.42 Å². The average Bonchev–Trinajstić information content (AvgIpc) is 3.15. The highest BCUT2D eigenvalue weighted by atomic mass is 32.2. The van der Waals surface area contributed by atoms with Gasteiger partial charge >= 0.3 is 0 Å². The minimum atomic E-state index is -3.67. The van der Waals surface area contributed by atoms with Crippen molar-refractivity contribution in [3.05, 3.63) is 54.0 Å². The molecular weight excluding hydrogens is 400 g/mol. The average molecular weight is 425 g/mol. The third-order valence-electron chi connectivity index (χ3n) is 3.84. The summed E-state index contributed by atoms with van der Waals surface area (Å²) in [6, 6.07) is 9.99. The number of nitrogens with zero attached hydrogens (tertiary/aromatic N) is 1. The van der Waals surface area contributed by atoms with Gasteiger partial charge in [-0.05, 0) is 43.4 Å². The standard InChI is InChI=1S/C19H24N2O5S2/c1-15(22)16-6-3-7-17(12-16)21(28(2,24)25)13-19(23)20-9-5-11-27-14-18-8-4-10-26-18/h3-4,6-8,10,12H,5,9,11,13-14H2,1-2H3,(H,20,23). The molecule has 1 amide bonds. The maximum absolute atomic E-state index is 12.2. The van der Waals surface area contributed by atoms with Crippen molar-refractivity contribution < 1.29 is 22.4 Å². The van der Waals surface area contributed by atoms with E-state index < -0.39 is 15.9 Å². The third kappa shape index (κ3) is 7.05. The molecule has 0 aliphatic heterocycles. The van der Waals surface area contributed by atoms with Crippen molar-refractivity contribution >= 4 is 39.2 Å². The summed E-state index contributed by atoms with van der Waals surface area (Å²) in [7, 11) is -3.67. The number of hydrogen-bond donors (Lipinski definition) is 1. The molecule has 2 rings (SSSR count). The monoisotopic (exact) mass is 424 g/mol. The number of Topliss-reactive ketones (excluding diaryl/α,β-unsaturated/α-hetero) is 1. The van der Waals surface area contributed by atoms with Crippen LogP contribution < -0.4 is 9.62 Å². The highest BCUT2D eigenvalue weighted by molar-refractivity contribution is 7.98. The molecule has 0 bridgehead atoms. The molecule has 9 heteroatoms. The Morgan fingerprint density at radius 2 is 2.00 bits per heavy atom. The third-order valence-corrected chi connectivity index (χ3v) is 6.05. The molecule has 7 nitrogen and oxygen atoms in total. The molecule has 2 aromatic rings. The molecule has 0 atom stereocenters. The smallest absolute Gasteiger partial charge is 0.240 e. The molecule has 1 N–H and O–H groups in total. The van der Waals surface area contributed by atoms with Crippen molar-refractivity contribution in [1.29, 1.82) is 0 Å². The highest BCUT2D eigenvalue weighted by Crippen LogP contribution is 2.19. The van der Waals surface area contributed by atoms with Crippen molar-refractivity contribution in [2.24, 2.45) is 0 Å². The van der Waals surface area contributed by atoms with Gasteiger partial charge in [0.1, 0.15) is 12.3 Å². The van der Waals surface area contributed by atoms with E-state index in [0.29, 0.717) is 17.8 Å². The fourth-order valence-corrected chi connectivity index (χ4v) is 4.14. The first kappa shape index (κ1) is 22.0. The van der Waals surface area contributed by atoms with Crippen LogP contribution in [0.4, 0.5) is 5.69 Å². The summed E-state index contributed by atoms with van der Waals surface area (Å²) >= 11 is 1.70. The summed E-state index contributed by atoms with van der Waals surface area (Å²) in [5, 5.41) is 2.74. The van der Waals surface area contributed by atoms with Crippen LogP contribution in [0.25, 0.3) is 0 Å². The van der Waals surface area contributed by atoms with Gasteiger partial charge in [-0.15, -0.1) is 0 Å². The summed E-state index contributed by atoms with van der Waals surface area (Å²) in [5.41, 5.74) is 0.680. The Hall–Kier alpha value is -2.26. The molecule has 1 heterocycles. The Kier molecular flexibility index (Phi) is 8.13.